The van der Waals surface area contributed by atoms with E-state index in [-0.39, 0.29) is 45.1 Å². The Hall–Kier alpha value is -4.08. The molecule has 2 unspecified atom stereocenters. The van der Waals surface area contributed by atoms with Crippen LogP contribution >= 0.6 is 23.2 Å². The van der Waals surface area contributed by atoms with Gasteiger partial charge in [-0.25, -0.2) is 9.59 Å². The van der Waals surface area contributed by atoms with Gasteiger partial charge in [0.1, 0.15) is 6.04 Å². The second-order valence-corrected chi connectivity index (χ2v) is 12.1. The highest BCUT2D eigenvalue weighted by molar-refractivity contribution is 6.41. The van der Waals surface area contributed by atoms with E-state index < -0.39 is 30.5 Å². The van der Waals surface area contributed by atoms with E-state index >= 15 is 0 Å². The molecule has 43 heavy (non-hydrogen) atoms. The fraction of sp³-hybridized carbons (Fsp3) is 0.312. The van der Waals surface area contributed by atoms with Crippen LogP contribution in [-0.2, 0) is 21.4 Å². The highest BCUT2D eigenvalue weighted by Crippen LogP contribution is 2.41. The van der Waals surface area contributed by atoms with Crippen LogP contribution in [0.4, 0.5) is 10.5 Å². The van der Waals surface area contributed by atoms with Gasteiger partial charge >= 0.3 is 12.0 Å². The molecule has 0 spiro atoms. The Balaban J connectivity index is 1.39. The largest absolute Gasteiger partial charge is 0.480 e. The molecule has 1 aliphatic rings. The van der Waals surface area contributed by atoms with Crippen molar-refractivity contribution in [1.29, 1.82) is 0 Å². The Labute approximate surface area is 260 Å². The molecule has 0 radical (unpaired) electrons. The average Bonchev–Trinajstić information content (AvgIpc) is 2.94. The third kappa shape index (κ3) is 7.86. The van der Waals surface area contributed by atoms with Gasteiger partial charge < -0.3 is 26.4 Å². The maximum Gasteiger partial charge on any atom is 0.328 e. The van der Waals surface area contributed by atoms with Crippen molar-refractivity contribution in [2.75, 3.05) is 11.9 Å². The predicted molar refractivity (Wildman–Crippen MR) is 167 cm³/mol. The van der Waals surface area contributed by atoms with Gasteiger partial charge in [-0.1, -0.05) is 91.1 Å². The van der Waals surface area contributed by atoms with Gasteiger partial charge in [0.05, 0.1) is 40.3 Å². The summed E-state index contributed by atoms with van der Waals surface area (Å²) in [6, 6.07) is 16.0. The topological polar surface area (TPSA) is 137 Å². The van der Waals surface area contributed by atoms with Crippen LogP contribution < -0.4 is 21.3 Å². The number of urea groups is 1. The maximum atomic E-state index is 13.1. The molecule has 0 heterocycles. The standard InChI is InChI=1S/C32H34Cl2N4O5/c1-18-7-6-8-19(15-18)16-26(39)36-24-12-11-22(33)27(28(24)34)29(40)37-25(30(41)42)17-35-31(43)38-23-13-14-32(2,3)21-10-5-4-9-20(21)23/h4-12,15,23,25H,13-14,16-17H2,1-3H3,(H,36,39)(H,37,40)(H,41,42)(H2,35,38,43). The number of aryl methyl sites for hydroxylation is 1. The molecule has 0 aliphatic heterocycles. The summed E-state index contributed by atoms with van der Waals surface area (Å²) in [7, 11) is 0. The van der Waals surface area contributed by atoms with Crippen molar-refractivity contribution in [3.63, 3.8) is 0 Å². The number of hydrogen-bond donors (Lipinski definition) is 5. The van der Waals surface area contributed by atoms with Crippen LogP contribution in [0, 0.1) is 6.92 Å². The molecule has 226 valence electrons. The van der Waals surface area contributed by atoms with Crippen LogP contribution in [0.15, 0.2) is 60.7 Å². The van der Waals surface area contributed by atoms with Gasteiger partial charge in [0.15, 0.2) is 0 Å². The molecule has 2 atom stereocenters. The summed E-state index contributed by atoms with van der Waals surface area (Å²) in [4.78, 5) is 50.5. The summed E-state index contributed by atoms with van der Waals surface area (Å²) in [5, 5.41) is 20.1. The molecular formula is C32H34Cl2N4O5. The molecule has 3 aromatic rings. The van der Waals surface area contributed by atoms with Gasteiger partial charge in [-0.15, -0.1) is 0 Å². The number of nitrogens with one attached hydrogen (secondary N) is 4. The Bertz CT molecular complexity index is 1560. The first-order chi connectivity index (χ1) is 20.4. The third-order valence-electron chi connectivity index (χ3n) is 7.54. The number of benzene rings is 3. The molecule has 9 nitrogen and oxygen atoms in total. The van der Waals surface area contributed by atoms with E-state index in [9.17, 15) is 24.3 Å². The van der Waals surface area contributed by atoms with Gasteiger partial charge in [0.25, 0.3) is 5.91 Å². The first-order valence-electron chi connectivity index (χ1n) is 13.9. The Morgan fingerprint density at radius 2 is 1.77 bits per heavy atom. The molecule has 0 saturated heterocycles. The smallest absolute Gasteiger partial charge is 0.328 e. The molecule has 4 rings (SSSR count). The van der Waals surface area contributed by atoms with Crippen molar-refractivity contribution in [2.24, 2.45) is 0 Å². The van der Waals surface area contributed by atoms with Crippen molar-refractivity contribution in [2.45, 2.75) is 57.5 Å². The molecule has 3 aromatic carbocycles. The normalized spacial score (nSPS) is 15.9. The van der Waals surface area contributed by atoms with Gasteiger partial charge in [-0.05, 0) is 54.0 Å². The van der Waals surface area contributed by atoms with Crippen molar-refractivity contribution < 1.29 is 24.3 Å². The Morgan fingerprint density at radius 1 is 1.02 bits per heavy atom. The number of carbonyl (C=O) groups excluding carboxylic acids is 3. The number of halogens is 2. The van der Waals surface area contributed by atoms with Crippen molar-refractivity contribution >= 4 is 52.7 Å². The lowest BCUT2D eigenvalue weighted by atomic mass is 9.71. The second-order valence-electron chi connectivity index (χ2n) is 11.3. The van der Waals surface area contributed by atoms with Gasteiger partial charge in [-0.3, -0.25) is 9.59 Å². The molecular weight excluding hydrogens is 591 g/mol. The van der Waals surface area contributed by atoms with Crippen LogP contribution in [0.5, 0.6) is 0 Å². The molecule has 11 heteroatoms. The Morgan fingerprint density at radius 3 is 2.49 bits per heavy atom. The monoisotopic (exact) mass is 624 g/mol. The predicted octanol–water partition coefficient (Wildman–Crippen LogP) is 5.78. The number of hydrogen-bond acceptors (Lipinski definition) is 4. The van der Waals surface area contributed by atoms with Crippen molar-refractivity contribution in [1.82, 2.24) is 16.0 Å². The maximum absolute atomic E-state index is 13.1. The highest BCUT2D eigenvalue weighted by atomic mass is 35.5. The number of carboxylic acid groups (broad SMARTS) is 1. The fourth-order valence-corrected chi connectivity index (χ4v) is 5.85. The molecule has 1 aliphatic carbocycles. The lowest BCUT2D eigenvalue weighted by Gasteiger charge is -2.37. The number of carboxylic acids is 1. The lowest BCUT2D eigenvalue weighted by molar-refractivity contribution is -0.139. The van der Waals surface area contributed by atoms with Gasteiger partial charge in [0, 0.05) is 0 Å². The van der Waals surface area contributed by atoms with E-state index in [4.69, 9.17) is 23.2 Å². The Kier molecular flexibility index (Phi) is 9.98. The van der Waals surface area contributed by atoms with Crippen molar-refractivity contribution in [3.8, 4) is 0 Å². The van der Waals surface area contributed by atoms with Crippen LogP contribution in [-0.4, -0.2) is 41.5 Å². The summed E-state index contributed by atoms with van der Waals surface area (Å²) < 4.78 is 0. The number of rotatable bonds is 9. The first kappa shape index (κ1) is 31.8. The highest BCUT2D eigenvalue weighted by Gasteiger charge is 2.33. The first-order valence-corrected chi connectivity index (χ1v) is 14.6. The van der Waals surface area contributed by atoms with Crippen LogP contribution in [0.2, 0.25) is 10.0 Å². The zero-order valence-electron chi connectivity index (χ0n) is 24.1. The van der Waals surface area contributed by atoms with E-state index in [1.54, 1.807) is 0 Å². The fourth-order valence-electron chi connectivity index (χ4n) is 5.26. The summed E-state index contributed by atoms with van der Waals surface area (Å²) >= 11 is 12.7. The summed E-state index contributed by atoms with van der Waals surface area (Å²) in [6.45, 7) is 5.85. The minimum Gasteiger partial charge on any atom is -0.480 e. The molecule has 5 N–H and O–H groups in total. The number of aliphatic carboxylic acids is 1. The molecule has 0 aromatic heterocycles. The molecule has 4 amide bonds. The average molecular weight is 626 g/mol. The van der Waals surface area contributed by atoms with E-state index in [0.717, 1.165) is 35.1 Å². The van der Waals surface area contributed by atoms with Gasteiger partial charge in [0.2, 0.25) is 5.91 Å². The number of amides is 4. The molecule has 0 saturated carbocycles. The van der Waals surface area contributed by atoms with Crippen molar-refractivity contribution in [3.05, 3.63) is 98.5 Å². The van der Waals surface area contributed by atoms with E-state index in [2.05, 4.69) is 41.2 Å². The zero-order valence-corrected chi connectivity index (χ0v) is 25.6. The van der Waals surface area contributed by atoms with Gasteiger partial charge in [-0.2, -0.15) is 0 Å². The minimum absolute atomic E-state index is 0.0202. The minimum atomic E-state index is -1.48. The van der Waals surface area contributed by atoms with Crippen LogP contribution in [0.1, 0.15) is 65.3 Å². The SMILES string of the molecule is Cc1cccc(CC(=O)Nc2ccc(Cl)c(C(=O)NC(CNC(=O)NC3CCC(C)(C)c4ccccc43)C(=O)O)c2Cl)c1. The summed E-state index contributed by atoms with van der Waals surface area (Å²) in [6.07, 6.45) is 1.68. The number of fused-ring (bicyclic) bond motifs is 1. The number of carbonyl (C=O) groups is 4. The van der Waals surface area contributed by atoms with Crippen LogP contribution in [0.25, 0.3) is 0 Å². The summed E-state index contributed by atoms with van der Waals surface area (Å²) in [5.74, 6) is -2.60. The summed E-state index contributed by atoms with van der Waals surface area (Å²) in [5.41, 5.74) is 3.92. The quantitative estimate of drug-likeness (QED) is 0.206. The van der Waals surface area contributed by atoms with E-state index in [0.29, 0.717) is 0 Å². The second kappa shape index (κ2) is 13.5. The molecule has 0 bridgehead atoms. The number of anilines is 1. The van der Waals surface area contributed by atoms with Crippen LogP contribution in [0.3, 0.4) is 0 Å². The van der Waals surface area contributed by atoms with E-state index in [1.807, 2.05) is 49.4 Å². The molecule has 0 fully saturated rings. The lowest BCUT2D eigenvalue weighted by Crippen LogP contribution is -2.51. The van der Waals surface area contributed by atoms with E-state index in [1.165, 1.54) is 12.1 Å². The zero-order chi connectivity index (χ0) is 31.3. The third-order valence-corrected chi connectivity index (χ3v) is 8.25.